The van der Waals surface area contributed by atoms with E-state index in [0.717, 1.165) is 29.8 Å². The Bertz CT molecular complexity index is 982. The van der Waals surface area contributed by atoms with Crippen molar-refractivity contribution in [2.45, 2.75) is 58.7 Å². The smallest absolute Gasteiger partial charge is 0.410 e. The Morgan fingerprint density at radius 3 is 2.50 bits per heavy atom. The van der Waals surface area contributed by atoms with E-state index in [0.29, 0.717) is 18.1 Å². The average Bonchev–Trinajstić information content (AvgIpc) is 3.09. The summed E-state index contributed by atoms with van der Waals surface area (Å²) in [5.74, 6) is 1.87. The van der Waals surface area contributed by atoms with Crippen molar-refractivity contribution in [1.82, 2.24) is 4.90 Å². The largest absolute Gasteiger partial charge is 0.456 e. The molecule has 2 aromatic carbocycles. The Morgan fingerprint density at radius 1 is 1.20 bits per heavy atom. The van der Waals surface area contributed by atoms with Crippen LogP contribution in [0.5, 0.6) is 5.75 Å². The third kappa shape index (κ3) is 4.22. The zero-order valence-corrected chi connectivity index (χ0v) is 18.0. The maximum Gasteiger partial charge on any atom is 0.410 e. The van der Waals surface area contributed by atoms with E-state index in [1.807, 2.05) is 62.9 Å². The van der Waals surface area contributed by atoms with Gasteiger partial charge in [-0.2, -0.15) is 0 Å². The molecule has 0 aromatic heterocycles. The number of fused-ring (bicyclic) bond motifs is 2. The lowest BCUT2D eigenvalue weighted by molar-refractivity contribution is 0.0148. The average molecular weight is 408 g/mol. The number of nitrogens with two attached hydrogens (primary N) is 1. The number of carbonyl (C=O) groups is 1. The van der Waals surface area contributed by atoms with Gasteiger partial charge in [-0.05, 0) is 69.4 Å². The van der Waals surface area contributed by atoms with Crippen LogP contribution in [0, 0.1) is 0 Å². The summed E-state index contributed by atoms with van der Waals surface area (Å²) in [7, 11) is 0. The van der Waals surface area contributed by atoms with Crippen LogP contribution in [0.25, 0.3) is 0 Å². The second-order valence-corrected chi connectivity index (χ2v) is 8.97. The molecule has 1 aliphatic carbocycles. The van der Waals surface area contributed by atoms with Crippen LogP contribution in [0.3, 0.4) is 0 Å². The molecule has 1 amide bonds. The monoisotopic (exact) mass is 407 g/mol. The molecular formula is C24H29N3O3. The second-order valence-electron chi connectivity index (χ2n) is 8.97. The molecule has 0 atom stereocenters. The van der Waals surface area contributed by atoms with Crippen molar-refractivity contribution < 1.29 is 14.3 Å². The van der Waals surface area contributed by atoms with Gasteiger partial charge in [0.05, 0.1) is 5.69 Å². The van der Waals surface area contributed by atoms with Gasteiger partial charge in [0.1, 0.15) is 17.2 Å². The number of benzene rings is 2. The number of carbonyl (C=O) groups excluding carboxylic acids is 1. The van der Waals surface area contributed by atoms with Crippen LogP contribution in [-0.4, -0.2) is 22.6 Å². The van der Waals surface area contributed by atoms with E-state index in [4.69, 9.17) is 15.2 Å². The van der Waals surface area contributed by atoms with Crippen LogP contribution in [-0.2, 0) is 24.1 Å². The van der Waals surface area contributed by atoms with Crippen molar-refractivity contribution >= 4 is 11.8 Å². The standard InChI is InChI=1S/C24H29N3O3/c1-15-22(25)26-20-11-16(9-10-21(20)29-15)14-27(23(28)30-24(2,3)4)19-12-17-7-5-6-8-18(17)13-19/h5-11,19,26H,12-14,25H2,1-4H3. The third-order valence-electron chi connectivity index (χ3n) is 5.41. The topological polar surface area (TPSA) is 76.8 Å². The minimum Gasteiger partial charge on any atom is -0.456 e. The SMILES string of the molecule is CC1=C(N)Nc2cc(CN(C(=O)OC(C)(C)C)C3Cc4ccccc4C3)ccc2O1. The van der Waals surface area contributed by atoms with E-state index in [-0.39, 0.29) is 12.1 Å². The molecular weight excluding hydrogens is 378 g/mol. The number of amides is 1. The molecule has 3 N–H and O–H groups in total. The summed E-state index contributed by atoms with van der Waals surface area (Å²) in [6.07, 6.45) is 1.37. The molecule has 0 fully saturated rings. The van der Waals surface area contributed by atoms with Crippen LogP contribution in [0.1, 0.15) is 44.4 Å². The molecule has 1 heterocycles. The lowest BCUT2D eigenvalue weighted by atomic mass is 10.1. The van der Waals surface area contributed by atoms with Crippen molar-refractivity contribution in [3.05, 3.63) is 70.7 Å². The fourth-order valence-electron chi connectivity index (χ4n) is 3.93. The molecule has 0 bridgehead atoms. The molecule has 0 saturated carbocycles. The Morgan fingerprint density at radius 2 is 1.87 bits per heavy atom. The Kier molecular flexibility index (Phi) is 5.10. The lowest BCUT2D eigenvalue weighted by Gasteiger charge is -2.32. The molecule has 0 spiro atoms. The number of hydrogen-bond acceptors (Lipinski definition) is 5. The first-order valence-electron chi connectivity index (χ1n) is 10.3. The summed E-state index contributed by atoms with van der Waals surface area (Å²) in [6.45, 7) is 7.95. The Balaban J connectivity index is 1.58. The maximum atomic E-state index is 13.1. The molecule has 1 aliphatic heterocycles. The number of anilines is 1. The first-order chi connectivity index (χ1) is 14.2. The Labute approximate surface area is 177 Å². The number of nitrogens with one attached hydrogen (secondary N) is 1. The quantitative estimate of drug-likeness (QED) is 0.781. The minimum absolute atomic E-state index is 0.0599. The summed E-state index contributed by atoms with van der Waals surface area (Å²) in [6, 6.07) is 14.3. The predicted octanol–water partition coefficient (Wildman–Crippen LogP) is 4.54. The van der Waals surface area contributed by atoms with Gasteiger partial charge >= 0.3 is 6.09 Å². The summed E-state index contributed by atoms with van der Waals surface area (Å²) < 4.78 is 11.5. The minimum atomic E-state index is -0.553. The van der Waals surface area contributed by atoms with Gasteiger partial charge in [-0.25, -0.2) is 4.79 Å². The second kappa shape index (κ2) is 7.59. The molecule has 0 radical (unpaired) electrons. The van der Waals surface area contributed by atoms with E-state index in [9.17, 15) is 4.79 Å². The van der Waals surface area contributed by atoms with Crippen molar-refractivity contribution in [2.75, 3.05) is 5.32 Å². The first-order valence-corrected chi connectivity index (χ1v) is 10.3. The lowest BCUT2D eigenvalue weighted by Crippen LogP contribution is -2.43. The highest BCUT2D eigenvalue weighted by atomic mass is 16.6. The van der Waals surface area contributed by atoms with Gasteiger partial charge in [-0.1, -0.05) is 30.3 Å². The molecule has 6 heteroatoms. The zero-order chi connectivity index (χ0) is 21.5. The summed E-state index contributed by atoms with van der Waals surface area (Å²) >= 11 is 0. The zero-order valence-electron chi connectivity index (χ0n) is 18.0. The van der Waals surface area contributed by atoms with Crippen molar-refractivity contribution in [3.8, 4) is 5.75 Å². The molecule has 6 nitrogen and oxygen atoms in total. The highest BCUT2D eigenvalue weighted by Gasteiger charge is 2.33. The maximum absolute atomic E-state index is 13.1. The van der Waals surface area contributed by atoms with Crippen LogP contribution in [0.4, 0.5) is 10.5 Å². The van der Waals surface area contributed by atoms with Gasteiger partial charge in [0.15, 0.2) is 5.75 Å². The van der Waals surface area contributed by atoms with E-state index in [1.165, 1.54) is 11.1 Å². The molecule has 4 rings (SSSR count). The predicted molar refractivity (Wildman–Crippen MR) is 117 cm³/mol. The van der Waals surface area contributed by atoms with Crippen molar-refractivity contribution in [2.24, 2.45) is 5.73 Å². The van der Waals surface area contributed by atoms with Gasteiger partial charge in [-0.15, -0.1) is 0 Å². The van der Waals surface area contributed by atoms with Crippen molar-refractivity contribution in [1.29, 1.82) is 0 Å². The van der Waals surface area contributed by atoms with Gasteiger partial charge in [0.2, 0.25) is 0 Å². The van der Waals surface area contributed by atoms with E-state index in [1.54, 1.807) is 0 Å². The number of hydrogen-bond donors (Lipinski definition) is 2. The highest BCUT2D eigenvalue weighted by Crippen LogP contribution is 2.33. The fourth-order valence-corrected chi connectivity index (χ4v) is 3.93. The van der Waals surface area contributed by atoms with Crippen molar-refractivity contribution in [3.63, 3.8) is 0 Å². The van der Waals surface area contributed by atoms with E-state index < -0.39 is 5.60 Å². The van der Waals surface area contributed by atoms with E-state index in [2.05, 4.69) is 17.4 Å². The third-order valence-corrected chi connectivity index (χ3v) is 5.41. The normalized spacial score (nSPS) is 15.7. The number of rotatable bonds is 3. The van der Waals surface area contributed by atoms with Gasteiger partial charge in [-0.3, -0.25) is 0 Å². The number of allylic oxidation sites excluding steroid dienone is 1. The van der Waals surface area contributed by atoms with Crippen LogP contribution in [0.15, 0.2) is 54.0 Å². The highest BCUT2D eigenvalue weighted by molar-refractivity contribution is 5.70. The van der Waals surface area contributed by atoms with Gasteiger partial charge < -0.3 is 25.4 Å². The summed E-state index contributed by atoms with van der Waals surface area (Å²) in [5, 5.41) is 3.17. The number of nitrogens with zero attached hydrogens (tertiary/aromatic N) is 1. The fraction of sp³-hybridized carbons (Fsp3) is 0.375. The first kappa shape index (κ1) is 20.1. The number of ether oxygens (including phenoxy) is 2. The molecule has 30 heavy (non-hydrogen) atoms. The van der Waals surface area contributed by atoms with Gasteiger partial charge in [0, 0.05) is 12.6 Å². The van der Waals surface area contributed by atoms with Crippen LogP contribution < -0.4 is 15.8 Å². The summed E-state index contributed by atoms with van der Waals surface area (Å²) in [4.78, 5) is 15.0. The van der Waals surface area contributed by atoms with Crippen LogP contribution >= 0.6 is 0 Å². The molecule has 2 aliphatic rings. The van der Waals surface area contributed by atoms with Gasteiger partial charge in [0.25, 0.3) is 0 Å². The molecule has 0 unspecified atom stereocenters. The summed E-state index contributed by atoms with van der Waals surface area (Å²) in [5.41, 5.74) is 9.79. The molecule has 2 aromatic rings. The molecule has 158 valence electrons. The van der Waals surface area contributed by atoms with E-state index >= 15 is 0 Å². The van der Waals surface area contributed by atoms with Crippen LogP contribution in [0.2, 0.25) is 0 Å². The molecule has 0 saturated heterocycles. The Hall–Kier alpha value is -3.15.